The summed E-state index contributed by atoms with van der Waals surface area (Å²) in [5, 5.41) is 10.2. The van der Waals surface area contributed by atoms with Crippen LogP contribution < -0.4 is 19.1 Å². The van der Waals surface area contributed by atoms with Crippen molar-refractivity contribution < 1.29 is 28.9 Å². The van der Waals surface area contributed by atoms with Crippen LogP contribution in [0.1, 0.15) is 42.1 Å². The molecule has 1 heterocycles. The Bertz CT molecular complexity index is 1300. The summed E-state index contributed by atoms with van der Waals surface area (Å²) in [5.74, 6) is 0.0383. The van der Waals surface area contributed by atoms with E-state index in [1.165, 1.54) is 0 Å². The predicted molar refractivity (Wildman–Crippen MR) is 138 cm³/mol. The molecule has 1 atom stereocenters. The second-order valence-corrected chi connectivity index (χ2v) is 8.91. The zero-order chi connectivity index (χ0) is 25.8. The van der Waals surface area contributed by atoms with Crippen molar-refractivity contribution in [3.05, 3.63) is 75.8 Å². The first-order valence-electron chi connectivity index (χ1n) is 11.5. The fourth-order valence-corrected chi connectivity index (χ4v) is 4.48. The molecule has 3 aromatic rings. The molecule has 36 heavy (non-hydrogen) atoms. The molecule has 0 saturated carbocycles. The molecule has 0 radical (unpaired) electrons. The minimum Gasteiger partial charge on any atom is -0.493 e. The lowest BCUT2D eigenvalue weighted by atomic mass is 9.93. The van der Waals surface area contributed by atoms with Crippen LogP contribution in [-0.4, -0.2) is 36.7 Å². The third-order valence-electron chi connectivity index (χ3n) is 5.80. The number of fused-ring (bicyclic) bond motifs is 1. The highest BCUT2D eigenvalue weighted by molar-refractivity contribution is 6.32. The fourth-order valence-electron chi connectivity index (χ4n) is 4.09. The number of aliphatic carboxylic acids is 1. The normalized spacial score (nSPS) is 14.4. The van der Waals surface area contributed by atoms with E-state index in [1.807, 2.05) is 13.8 Å². The molecular weight excluding hydrogens is 505 g/mol. The maximum Gasteiger partial charge on any atom is 0.311 e. The van der Waals surface area contributed by atoms with Crippen molar-refractivity contribution in [2.45, 2.75) is 26.2 Å². The summed E-state index contributed by atoms with van der Waals surface area (Å²) in [6.07, 6.45) is 0.417. The number of ether oxygens (including phenoxy) is 3. The summed E-state index contributed by atoms with van der Waals surface area (Å²) in [5.41, 5.74) is 1.60. The smallest absolute Gasteiger partial charge is 0.311 e. The van der Waals surface area contributed by atoms with E-state index >= 15 is 0 Å². The van der Waals surface area contributed by atoms with Crippen LogP contribution in [0.4, 0.5) is 5.69 Å². The lowest BCUT2D eigenvalue weighted by molar-refractivity contribution is -0.139. The number of anilines is 1. The number of carbonyl (C=O) groups is 2. The minimum absolute atomic E-state index is 0.250. The van der Waals surface area contributed by atoms with Gasteiger partial charge in [-0.1, -0.05) is 29.3 Å². The van der Waals surface area contributed by atoms with Crippen LogP contribution >= 0.6 is 23.2 Å². The first-order chi connectivity index (χ1) is 17.3. The largest absolute Gasteiger partial charge is 0.493 e. The van der Waals surface area contributed by atoms with Gasteiger partial charge in [0.1, 0.15) is 23.0 Å². The Balaban J connectivity index is 1.56. The van der Waals surface area contributed by atoms with Crippen molar-refractivity contribution in [1.82, 2.24) is 0 Å². The Morgan fingerprint density at radius 3 is 2.56 bits per heavy atom. The van der Waals surface area contributed by atoms with Gasteiger partial charge in [0, 0.05) is 34.8 Å². The number of carboxylic acids is 1. The molecule has 1 amide bonds. The number of carbonyl (C=O) groups excluding carboxylic acids is 1. The molecule has 1 aliphatic heterocycles. The number of hydrogen-bond donors (Lipinski definition) is 1. The zero-order valence-corrected chi connectivity index (χ0v) is 21.3. The molecule has 188 valence electrons. The van der Waals surface area contributed by atoms with Gasteiger partial charge in [-0.3, -0.25) is 9.59 Å². The second-order valence-electron chi connectivity index (χ2n) is 8.07. The number of benzene rings is 3. The number of halogens is 2. The molecule has 0 bridgehead atoms. The number of nitrogens with zero attached hydrogens (tertiary/aromatic N) is 1. The van der Waals surface area contributed by atoms with Gasteiger partial charge in [-0.25, -0.2) is 0 Å². The Labute approximate surface area is 219 Å². The van der Waals surface area contributed by atoms with E-state index in [0.717, 1.165) is 0 Å². The Hall–Kier alpha value is -3.42. The molecule has 9 heteroatoms. The fraction of sp³-hybridized carbons (Fsp3) is 0.259. The van der Waals surface area contributed by atoms with Crippen molar-refractivity contribution in [2.24, 2.45) is 0 Å². The van der Waals surface area contributed by atoms with Gasteiger partial charge in [-0.2, -0.15) is 0 Å². The summed E-state index contributed by atoms with van der Waals surface area (Å²) < 4.78 is 17.2. The summed E-state index contributed by atoms with van der Waals surface area (Å²) in [7, 11) is 0. The van der Waals surface area contributed by atoms with E-state index in [1.54, 1.807) is 59.5 Å². The molecule has 0 spiro atoms. The molecule has 0 saturated heterocycles. The average molecular weight is 530 g/mol. The predicted octanol–water partition coefficient (Wildman–Crippen LogP) is 6.80. The topological polar surface area (TPSA) is 85.3 Å². The van der Waals surface area contributed by atoms with Crippen molar-refractivity contribution in [3.8, 4) is 23.0 Å². The maximum atomic E-state index is 13.4. The van der Waals surface area contributed by atoms with E-state index in [9.17, 15) is 14.7 Å². The molecule has 7 nitrogen and oxygen atoms in total. The average Bonchev–Trinajstić information content (AvgIpc) is 2.86. The molecule has 0 aromatic heterocycles. The highest BCUT2D eigenvalue weighted by Crippen LogP contribution is 2.39. The number of carboxylic acid groups (broad SMARTS) is 1. The Morgan fingerprint density at radius 1 is 1.06 bits per heavy atom. The molecule has 3 aromatic carbocycles. The minimum atomic E-state index is -0.885. The lowest BCUT2D eigenvalue weighted by Crippen LogP contribution is -2.31. The number of rotatable bonds is 8. The second kappa shape index (κ2) is 11.1. The standard InChI is InChI=1S/C27H25Cl2NO6/c1-3-30(22-9-6-17(28)14-25(22)34-4-2)26(31)16-5-10-23(21(29)13-16)36-18-7-8-19-20(27(32)33)11-12-35-24(19)15-18/h5-10,13-15,20H,3-4,11-12H2,1-2H3,(H,32,33). The molecule has 4 rings (SSSR count). The number of amides is 1. The highest BCUT2D eigenvalue weighted by Gasteiger charge is 2.28. The molecular formula is C27H25Cl2NO6. The van der Waals surface area contributed by atoms with E-state index < -0.39 is 11.9 Å². The van der Waals surface area contributed by atoms with Gasteiger partial charge in [-0.15, -0.1) is 0 Å². The van der Waals surface area contributed by atoms with Gasteiger partial charge >= 0.3 is 5.97 Å². The summed E-state index contributed by atoms with van der Waals surface area (Å²) in [6, 6.07) is 15.0. The first-order valence-corrected chi connectivity index (χ1v) is 12.3. The summed E-state index contributed by atoms with van der Waals surface area (Å²) in [6.45, 7) is 4.89. The van der Waals surface area contributed by atoms with Crippen molar-refractivity contribution >= 4 is 40.8 Å². The quantitative estimate of drug-likeness (QED) is 0.345. The van der Waals surface area contributed by atoms with Crippen LogP contribution in [0.2, 0.25) is 10.0 Å². The van der Waals surface area contributed by atoms with Crippen LogP contribution in [0.15, 0.2) is 54.6 Å². The van der Waals surface area contributed by atoms with Gasteiger partial charge in [0.15, 0.2) is 0 Å². The van der Waals surface area contributed by atoms with Gasteiger partial charge in [0.2, 0.25) is 0 Å². The van der Waals surface area contributed by atoms with Crippen LogP contribution in [-0.2, 0) is 4.79 Å². The summed E-state index contributed by atoms with van der Waals surface area (Å²) >= 11 is 12.6. The zero-order valence-electron chi connectivity index (χ0n) is 19.8. The van der Waals surface area contributed by atoms with Crippen LogP contribution in [0, 0.1) is 0 Å². The van der Waals surface area contributed by atoms with Crippen molar-refractivity contribution in [2.75, 3.05) is 24.7 Å². The van der Waals surface area contributed by atoms with Gasteiger partial charge in [0.05, 0.1) is 29.8 Å². The van der Waals surface area contributed by atoms with E-state index in [0.29, 0.717) is 71.0 Å². The third kappa shape index (κ3) is 5.37. The molecule has 1 unspecified atom stereocenters. The van der Waals surface area contributed by atoms with Crippen LogP contribution in [0.3, 0.4) is 0 Å². The first kappa shape index (κ1) is 25.7. The molecule has 0 fully saturated rings. The third-order valence-corrected chi connectivity index (χ3v) is 6.33. The van der Waals surface area contributed by atoms with Gasteiger partial charge in [0.25, 0.3) is 5.91 Å². The SMILES string of the molecule is CCOc1cc(Cl)ccc1N(CC)C(=O)c1ccc(Oc2ccc3c(c2)OCCC3C(=O)O)c(Cl)c1. The van der Waals surface area contributed by atoms with Gasteiger partial charge < -0.3 is 24.2 Å². The van der Waals surface area contributed by atoms with Crippen molar-refractivity contribution in [1.29, 1.82) is 0 Å². The van der Waals surface area contributed by atoms with E-state index in [2.05, 4.69) is 0 Å². The van der Waals surface area contributed by atoms with E-state index in [4.69, 9.17) is 37.4 Å². The Kier molecular flexibility index (Phi) is 7.91. The van der Waals surface area contributed by atoms with E-state index in [-0.39, 0.29) is 10.9 Å². The van der Waals surface area contributed by atoms with Crippen LogP contribution in [0.25, 0.3) is 0 Å². The summed E-state index contributed by atoms with van der Waals surface area (Å²) in [4.78, 5) is 26.5. The number of hydrogen-bond acceptors (Lipinski definition) is 5. The molecule has 1 N–H and O–H groups in total. The van der Waals surface area contributed by atoms with Crippen LogP contribution in [0.5, 0.6) is 23.0 Å². The maximum absolute atomic E-state index is 13.4. The van der Waals surface area contributed by atoms with Gasteiger partial charge in [-0.05, 0) is 56.7 Å². The highest BCUT2D eigenvalue weighted by atomic mass is 35.5. The monoisotopic (exact) mass is 529 g/mol. The Morgan fingerprint density at radius 2 is 1.86 bits per heavy atom. The molecule has 0 aliphatic carbocycles. The lowest BCUT2D eigenvalue weighted by Gasteiger charge is -2.24. The van der Waals surface area contributed by atoms with Crippen molar-refractivity contribution in [3.63, 3.8) is 0 Å². The molecule has 1 aliphatic rings.